The Bertz CT molecular complexity index is 587. The van der Waals surface area contributed by atoms with Gasteiger partial charge in [0.2, 0.25) is 0 Å². The van der Waals surface area contributed by atoms with Crippen molar-refractivity contribution in [3.63, 3.8) is 0 Å². The quantitative estimate of drug-likeness (QED) is 0.769. The first-order chi connectivity index (χ1) is 9.19. The normalized spacial score (nSPS) is 16.8. The number of fused-ring (bicyclic) bond motifs is 1. The molecule has 1 aromatic heterocycles. The summed E-state index contributed by atoms with van der Waals surface area (Å²) in [6, 6.07) is 6.01. The standard InChI is InChI=1S/C15H19ClN2O/c1-10(16)15-17-13-6-5-12(19-2)9-14(13)18(15)8-7-11-3-4-11/h5-6,9-11H,3-4,7-8H2,1-2H3. The maximum Gasteiger partial charge on any atom is 0.127 e. The SMILES string of the molecule is COc1ccc2nc(C(C)Cl)n(CCC3CC3)c2c1. The highest BCUT2D eigenvalue weighted by molar-refractivity contribution is 6.20. The van der Waals surface area contributed by atoms with Gasteiger partial charge in [0.1, 0.15) is 11.6 Å². The number of ether oxygens (including phenoxy) is 1. The van der Waals surface area contributed by atoms with Gasteiger partial charge in [-0.1, -0.05) is 12.8 Å². The van der Waals surface area contributed by atoms with Crippen LogP contribution in [0.4, 0.5) is 0 Å². The fourth-order valence-electron chi connectivity index (χ4n) is 2.51. The number of nitrogens with zero attached hydrogens (tertiary/aromatic N) is 2. The van der Waals surface area contributed by atoms with Gasteiger partial charge in [-0.05, 0) is 31.4 Å². The highest BCUT2D eigenvalue weighted by Crippen LogP contribution is 2.34. The molecule has 19 heavy (non-hydrogen) atoms. The second-order valence-corrected chi connectivity index (χ2v) is 5.98. The van der Waals surface area contributed by atoms with E-state index in [2.05, 4.69) is 15.6 Å². The average molecular weight is 279 g/mol. The molecule has 1 fully saturated rings. The molecular formula is C15H19ClN2O. The molecule has 1 aliphatic carbocycles. The van der Waals surface area contributed by atoms with Crippen molar-refractivity contribution in [3.05, 3.63) is 24.0 Å². The van der Waals surface area contributed by atoms with Crippen molar-refractivity contribution >= 4 is 22.6 Å². The number of imidazole rings is 1. The van der Waals surface area contributed by atoms with E-state index in [1.165, 1.54) is 19.3 Å². The third kappa shape index (κ3) is 2.57. The number of aryl methyl sites for hydroxylation is 1. The number of hydrogen-bond donors (Lipinski definition) is 0. The summed E-state index contributed by atoms with van der Waals surface area (Å²) >= 11 is 6.27. The Balaban J connectivity index is 2.03. The fourth-order valence-corrected chi connectivity index (χ4v) is 2.67. The van der Waals surface area contributed by atoms with Gasteiger partial charge < -0.3 is 9.30 Å². The van der Waals surface area contributed by atoms with Crippen molar-refractivity contribution in [1.82, 2.24) is 9.55 Å². The molecule has 4 heteroatoms. The van der Waals surface area contributed by atoms with Gasteiger partial charge in [-0.3, -0.25) is 0 Å². The summed E-state index contributed by atoms with van der Waals surface area (Å²) in [6.45, 7) is 2.98. The van der Waals surface area contributed by atoms with Crippen LogP contribution >= 0.6 is 11.6 Å². The summed E-state index contributed by atoms with van der Waals surface area (Å²) < 4.78 is 7.57. The van der Waals surface area contributed by atoms with Gasteiger partial charge in [0, 0.05) is 12.6 Å². The second-order valence-electron chi connectivity index (χ2n) is 5.32. The first-order valence-electron chi connectivity index (χ1n) is 6.87. The van der Waals surface area contributed by atoms with Gasteiger partial charge in [-0.15, -0.1) is 11.6 Å². The van der Waals surface area contributed by atoms with Gasteiger partial charge in [-0.2, -0.15) is 0 Å². The van der Waals surface area contributed by atoms with E-state index >= 15 is 0 Å². The van der Waals surface area contributed by atoms with E-state index in [0.717, 1.165) is 35.1 Å². The number of alkyl halides is 1. The van der Waals surface area contributed by atoms with E-state index in [1.54, 1.807) is 7.11 Å². The number of aromatic nitrogens is 2. The molecule has 1 atom stereocenters. The zero-order valence-corrected chi connectivity index (χ0v) is 12.2. The topological polar surface area (TPSA) is 27.1 Å². The molecule has 0 aliphatic heterocycles. The Kier molecular flexibility index (Phi) is 3.40. The minimum Gasteiger partial charge on any atom is -0.497 e. The summed E-state index contributed by atoms with van der Waals surface area (Å²) in [4.78, 5) is 4.66. The van der Waals surface area contributed by atoms with Crippen LogP contribution in [0.5, 0.6) is 5.75 Å². The van der Waals surface area contributed by atoms with Gasteiger partial charge >= 0.3 is 0 Å². The van der Waals surface area contributed by atoms with E-state index in [1.807, 2.05) is 19.1 Å². The van der Waals surface area contributed by atoms with Crippen LogP contribution in [-0.2, 0) is 6.54 Å². The molecule has 0 spiro atoms. The lowest BCUT2D eigenvalue weighted by atomic mass is 10.2. The summed E-state index contributed by atoms with van der Waals surface area (Å²) in [7, 11) is 1.69. The van der Waals surface area contributed by atoms with Crippen molar-refractivity contribution in [2.75, 3.05) is 7.11 Å². The molecule has 0 radical (unpaired) electrons. The number of methoxy groups -OCH3 is 1. The maximum absolute atomic E-state index is 6.27. The number of rotatable bonds is 5. The average Bonchev–Trinajstić information content (AvgIpc) is 3.16. The number of halogens is 1. The largest absolute Gasteiger partial charge is 0.497 e. The molecule has 0 saturated heterocycles. The van der Waals surface area contributed by atoms with E-state index < -0.39 is 0 Å². The maximum atomic E-state index is 6.27. The summed E-state index contributed by atoms with van der Waals surface area (Å²) in [5.74, 6) is 2.74. The lowest BCUT2D eigenvalue weighted by molar-refractivity contribution is 0.415. The van der Waals surface area contributed by atoms with Crippen LogP contribution in [0.25, 0.3) is 11.0 Å². The van der Waals surface area contributed by atoms with Gasteiger partial charge in [-0.25, -0.2) is 4.98 Å². The number of hydrogen-bond acceptors (Lipinski definition) is 2. The minimum absolute atomic E-state index is 0.0717. The molecule has 0 bridgehead atoms. The van der Waals surface area contributed by atoms with E-state index in [0.29, 0.717) is 0 Å². The Morgan fingerprint density at radius 2 is 2.26 bits per heavy atom. The fraction of sp³-hybridized carbons (Fsp3) is 0.533. The molecule has 3 rings (SSSR count). The Morgan fingerprint density at radius 3 is 2.89 bits per heavy atom. The molecule has 1 heterocycles. The van der Waals surface area contributed by atoms with E-state index in [-0.39, 0.29) is 5.38 Å². The Labute approximate surface area is 118 Å². The molecule has 3 nitrogen and oxygen atoms in total. The Hall–Kier alpha value is -1.22. The molecule has 0 N–H and O–H groups in total. The smallest absolute Gasteiger partial charge is 0.127 e. The molecule has 2 aromatic rings. The summed E-state index contributed by atoms with van der Waals surface area (Å²) in [5, 5.41) is -0.0717. The van der Waals surface area contributed by atoms with Crippen molar-refractivity contribution in [2.45, 2.75) is 38.1 Å². The number of benzene rings is 1. The van der Waals surface area contributed by atoms with Crippen molar-refractivity contribution in [2.24, 2.45) is 5.92 Å². The zero-order valence-electron chi connectivity index (χ0n) is 11.4. The zero-order chi connectivity index (χ0) is 13.4. The van der Waals surface area contributed by atoms with Gasteiger partial charge in [0.15, 0.2) is 0 Å². The van der Waals surface area contributed by atoms with Crippen LogP contribution in [0.3, 0.4) is 0 Å². The summed E-state index contributed by atoms with van der Waals surface area (Å²) in [6.07, 6.45) is 3.97. The highest BCUT2D eigenvalue weighted by atomic mass is 35.5. The third-order valence-corrected chi connectivity index (χ3v) is 3.99. The predicted octanol–water partition coefficient (Wildman–Crippen LogP) is 4.14. The lowest BCUT2D eigenvalue weighted by Crippen LogP contribution is -2.05. The molecule has 0 amide bonds. The van der Waals surface area contributed by atoms with Crippen molar-refractivity contribution < 1.29 is 4.74 Å². The third-order valence-electron chi connectivity index (χ3n) is 3.80. The first-order valence-corrected chi connectivity index (χ1v) is 7.31. The first kappa shape index (κ1) is 12.8. The molecule has 1 aliphatic rings. The van der Waals surface area contributed by atoms with E-state index in [4.69, 9.17) is 16.3 Å². The molecular weight excluding hydrogens is 260 g/mol. The van der Waals surface area contributed by atoms with Crippen LogP contribution in [-0.4, -0.2) is 16.7 Å². The van der Waals surface area contributed by atoms with Crippen LogP contribution in [0.1, 0.15) is 37.4 Å². The predicted molar refractivity (Wildman–Crippen MR) is 77.9 cm³/mol. The van der Waals surface area contributed by atoms with Crippen molar-refractivity contribution in [3.8, 4) is 5.75 Å². The minimum atomic E-state index is -0.0717. The molecule has 1 aromatic carbocycles. The monoisotopic (exact) mass is 278 g/mol. The van der Waals surface area contributed by atoms with Crippen LogP contribution in [0, 0.1) is 5.92 Å². The lowest BCUT2D eigenvalue weighted by Gasteiger charge is -2.10. The van der Waals surface area contributed by atoms with E-state index in [9.17, 15) is 0 Å². The van der Waals surface area contributed by atoms with Gasteiger partial charge in [0.05, 0.1) is 23.5 Å². The summed E-state index contributed by atoms with van der Waals surface area (Å²) in [5.41, 5.74) is 2.13. The molecule has 1 saturated carbocycles. The van der Waals surface area contributed by atoms with Crippen LogP contribution in [0.15, 0.2) is 18.2 Å². The van der Waals surface area contributed by atoms with Crippen LogP contribution < -0.4 is 4.74 Å². The second kappa shape index (κ2) is 5.04. The molecule has 1 unspecified atom stereocenters. The molecule has 102 valence electrons. The van der Waals surface area contributed by atoms with Gasteiger partial charge in [0.25, 0.3) is 0 Å². The highest BCUT2D eigenvalue weighted by Gasteiger charge is 2.22. The van der Waals surface area contributed by atoms with Crippen LogP contribution in [0.2, 0.25) is 0 Å². The van der Waals surface area contributed by atoms with Crippen molar-refractivity contribution in [1.29, 1.82) is 0 Å². The Morgan fingerprint density at radius 1 is 1.47 bits per heavy atom.